The molecule has 6 nitrogen and oxygen atoms in total. The molecule has 0 radical (unpaired) electrons. The Balaban J connectivity index is 4.50. The van der Waals surface area contributed by atoms with Crippen molar-refractivity contribution in [2.45, 2.75) is 32.5 Å². The maximum Gasteiger partial charge on any atom is 0.341 e. The van der Waals surface area contributed by atoms with E-state index < -0.39 is 29.2 Å². The van der Waals surface area contributed by atoms with Gasteiger partial charge in [-0.1, -0.05) is 6.58 Å². The first-order chi connectivity index (χ1) is 6.65. The molecule has 0 amide bonds. The summed E-state index contributed by atoms with van der Waals surface area (Å²) in [6.07, 6.45) is -1.71. The van der Waals surface area contributed by atoms with E-state index in [4.69, 9.17) is 15.1 Å². The molecule has 1 atom stereocenters. The third kappa shape index (κ3) is 5.14. The number of carbonyl (C=O) groups is 2. The second-order valence-corrected chi connectivity index (χ2v) is 3.84. The molecule has 2 N–H and O–H groups in total. The van der Waals surface area contributed by atoms with Gasteiger partial charge in [-0.2, -0.15) is 0 Å². The lowest BCUT2D eigenvalue weighted by molar-refractivity contribution is -0.361. The van der Waals surface area contributed by atoms with Crippen molar-refractivity contribution in [2.24, 2.45) is 0 Å². The molecule has 0 aliphatic rings. The minimum Gasteiger partial charge on any atom is -0.479 e. The van der Waals surface area contributed by atoms with Crippen molar-refractivity contribution in [1.29, 1.82) is 0 Å². The number of hydrogen-bond donors (Lipinski definition) is 2. The van der Waals surface area contributed by atoms with Crippen LogP contribution in [0.25, 0.3) is 0 Å². The van der Waals surface area contributed by atoms with Crippen molar-refractivity contribution in [2.75, 3.05) is 0 Å². The zero-order valence-electron chi connectivity index (χ0n) is 8.81. The third-order valence-electron chi connectivity index (χ3n) is 1.21. The number of rotatable bonds is 5. The summed E-state index contributed by atoms with van der Waals surface area (Å²) in [4.78, 5) is 30.3. The molecular weight excluding hydrogens is 204 g/mol. The van der Waals surface area contributed by atoms with Gasteiger partial charge in [-0.15, -0.1) is 0 Å². The van der Waals surface area contributed by atoms with Crippen LogP contribution in [-0.2, 0) is 19.4 Å². The van der Waals surface area contributed by atoms with Crippen molar-refractivity contribution in [3.05, 3.63) is 12.2 Å². The number of carboxylic acids is 2. The summed E-state index contributed by atoms with van der Waals surface area (Å²) in [5.74, 6) is -2.91. The van der Waals surface area contributed by atoms with Gasteiger partial charge in [-0.05, 0) is 20.8 Å². The van der Waals surface area contributed by atoms with E-state index in [0.717, 1.165) is 0 Å². The minimum atomic E-state index is -1.71. The molecule has 0 aromatic rings. The van der Waals surface area contributed by atoms with Crippen LogP contribution in [0.5, 0.6) is 0 Å². The molecule has 0 heterocycles. The number of hydrogen-bond acceptors (Lipinski definition) is 4. The average Bonchev–Trinajstić information content (AvgIpc) is 2.01. The minimum absolute atomic E-state index is 0.591. The van der Waals surface area contributed by atoms with Gasteiger partial charge in [0.15, 0.2) is 0 Å². The normalized spacial score (nSPS) is 13.3. The van der Waals surface area contributed by atoms with Gasteiger partial charge < -0.3 is 10.2 Å². The first-order valence-corrected chi connectivity index (χ1v) is 4.14. The van der Waals surface area contributed by atoms with Crippen molar-refractivity contribution in [1.82, 2.24) is 0 Å². The van der Waals surface area contributed by atoms with Gasteiger partial charge in [0.1, 0.15) is 0 Å². The van der Waals surface area contributed by atoms with Crippen molar-refractivity contribution in [3.8, 4) is 0 Å². The van der Waals surface area contributed by atoms with Crippen molar-refractivity contribution in [3.63, 3.8) is 0 Å². The quantitative estimate of drug-likeness (QED) is 0.403. The molecule has 86 valence electrons. The predicted molar refractivity (Wildman–Crippen MR) is 50.1 cm³/mol. The molecular formula is C9H14O6. The largest absolute Gasteiger partial charge is 0.479 e. The van der Waals surface area contributed by atoms with Crippen LogP contribution in [0.2, 0.25) is 0 Å². The third-order valence-corrected chi connectivity index (χ3v) is 1.21. The second kappa shape index (κ2) is 4.90. The molecule has 0 rings (SSSR count). The predicted octanol–water partition coefficient (Wildman–Crippen LogP) is 0.827. The van der Waals surface area contributed by atoms with Gasteiger partial charge in [0.05, 0.1) is 11.2 Å². The highest BCUT2D eigenvalue weighted by Gasteiger charge is 2.29. The fourth-order valence-corrected chi connectivity index (χ4v) is 0.553. The van der Waals surface area contributed by atoms with Crippen LogP contribution >= 0.6 is 0 Å². The Morgan fingerprint density at radius 3 is 2.00 bits per heavy atom. The molecule has 0 spiro atoms. The molecule has 1 unspecified atom stereocenters. The van der Waals surface area contributed by atoms with Gasteiger partial charge in [0, 0.05) is 0 Å². The van der Waals surface area contributed by atoms with Gasteiger partial charge >= 0.3 is 11.9 Å². The monoisotopic (exact) mass is 218 g/mol. The summed E-state index contributed by atoms with van der Waals surface area (Å²) < 4.78 is 0. The molecule has 0 fully saturated rings. The van der Waals surface area contributed by atoms with Crippen LogP contribution in [0.4, 0.5) is 0 Å². The van der Waals surface area contributed by atoms with Crippen molar-refractivity contribution < 1.29 is 29.6 Å². The van der Waals surface area contributed by atoms with Crippen LogP contribution in [0.1, 0.15) is 20.8 Å². The van der Waals surface area contributed by atoms with Gasteiger partial charge in [0.25, 0.3) is 0 Å². The van der Waals surface area contributed by atoms with E-state index in [1.54, 1.807) is 20.8 Å². The molecule has 0 aliphatic heterocycles. The van der Waals surface area contributed by atoms with E-state index in [1.165, 1.54) is 0 Å². The van der Waals surface area contributed by atoms with Crippen LogP contribution in [0.3, 0.4) is 0 Å². The molecule has 0 aromatic carbocycles. The molecule has 0 saturated carbocycles. The summed E-state index contributed by atoms with van der Waals surface area (Å²) >= 11 is 0. The Morgan fingerprint density at radius 2 is 1.73 bits per heavy atom. The van der Waals surface area contributed by atoms with E-state index in [1.807, 2.05) is 0 Å². The van der Waals surface area contributed by atoms with E-state index in [9.17, 15) is 9.59 Å². The number of carboxylic acid groups (broad SMARTS) is 2. The lowest BCUT2D eigenvalue weighted by Crippen LogP contribution is -2.33. The smallest absolute Gasteiger partial charge is 0.341 e. The molecule has 6 heteroatoms. The Morgan fingerprint density at radius 1 is 1.27 bits per heavy atom. The van der Waals surface area contributed by atoms with E-state index in [0.29, 0.717) is 0 Å². The lowest BCUT2D eigenvalue weighted by Gasteiger charge is -2.20. The highest BCUT2D eigenvalue weighted by atomic mass is 17.2. The topological polar surface area (TPSA) is 93.1 Å². The van der Waals surface area contributed by atoms with Crippen LogP contribution in [-0.4, -0.2) is 33.9 Å². The Bertz CT molecular complexity index is 275. The van der Waals surface area contributed by atoms with Gasteiger partial charge in [0.2, 0.25) is 6.10 Å². The lowest BCUT2D eigenvalue weighted by atomic mass is 10.2. The van der Waals surface area contributed by atoms with Gasteiger partial charge in [-0.3, -0.25) is 0 Å². The maximum atomic E-state index is 10.6. The van der Waals surface area contributed by atoms with E-state index in [-0.39, 0.29) is 0 Å². The standard InChI is InChI=1S/C9H14O6/c1-5(7(10)11)6(8(12)13)14-15-9(2,3)4/h6H,1H2,2-4H3,(H,10,11)(H,12,13). The Hall–Kier alpha value is -1.40. The second-order valence-electron chi connectivity index (χ2n) is 3.84. The summed E-state index contributed by atoms with van der Waals surface area (Å²) in [5, 5.41) is 17.2. The molecule has 0 aromatic heterocycles. The first kappa shape index (κ1) is 13.6. The SMILES string of the molecule is C=C(C(=O)O)C(OOC(C)(C)C)C(=O)O. The maximum absolute atomic E-state index is 10.6. The first-order valence-electron chi connectivity index (χ1n) is 4.14. The zero-order valence-corrected chi connectivity index (χ0v) is 8.81. The van der Waals surface area contributed by atoms with Crippen LogP contribution in [0.15, 0.2) is 12.2 Å². The van der Waals surface area contributed by atoms with Crippen LogP contribution in [0, 0.1) is 0 Å². The Labute approximate surface area is 87.0 Å². The van der Waals surface area contributed by atoms with Gasteiger partial charge in [-0.25, -0.2) is 19.4 Å². The summed E-state index contributed by atoms with van der Waals surface area (Å²) in [6, 6.07) is 0. The highest BCUT2D eigenvalue weighted by Crippen LogP contribution is 2.13. The molecule has 0 bridgehead atoms. The zero-order chi connectivity index (χ0) is 12.2. The fourth-order valence-electron chi connectivity index (χ4n) is 0.553. The molecule has 0 aliphatic carbocycles. The molecule has 15 heavy (non-hydrogen) atoms. The summed E-state index contributed by atoms with van der Waals surface area (Å²) in [5.41, 5.74) is -1.32. The summed E-state index contributed by atoms with van der Waals surface area (Å²) in [6.45, 7) is 7.99. The van der Waals surface area contributed by atoms with E-state index in [2.05, 4.69) is 11.5 Å². The van der Waals surface area contributed by atoms with E-state index >= 15 is 0 Å². The van der Waals surface area contributed by atoms with Crippen molar-refractivity contribution >= 4 is 11.9 Å². The average molecular weight is 218 g/mol. The molecule has 0 saturated heterocycles. The number of aliphatic carboxylic acids is 2. The fraction of sp³-hybridized carbons (Fsp3) is 0.556. The highest BCUT2D eigenvalue weighted by molar-refractivity contribution is 5.94. The Kier molecular flexibility index (Phi) is 4.44. The summed E-state index contributed by atoms with van der Waals surface area (Å²) in [7, 11) is 0. The van der Waals surface area contributed by atoms with Crippen LogP contribution < -0.4 is 0 Å².